The van der Waals surface area contributed by atoms with Crippen LogP contribution in [0.5, 0.6) is 0 Å². The van der Waals surface area contributed by atoms with Gasteiger partial charge < -0.3 is 9.64 Å². The predicted molar refractivity (Wildman–Crippen MR) is 46.4 cm³/mol. The first-order valence-corrected chi connectivity index (χ1v) is 4.20. The lowest BCUT2D eigenvalue weighted by Crippen LogP contribution is -2.40. The Labute approximate surface area is 68.8 Å². The van der Waals surface area contributed by atoms with Gasteiger partial charge >= 0.3 is 0 Å². The summed E-state index contributed by atoms with van der Waals surface area (Å²) in [5, 5.41) is 0. The Balaban J connectivity index is 2.33. The van der Waals surface area contributed by atoms with Crippen LogP contribution in [0.25, 0.3) is 0 Å². The molecule has 0 aliphatic carbocycles. The Kier molecular flexibility index (Phi) is 2.94. The third kappa shape index (κ3) is 2.22. The fourth-order valence-electron chi connectivity index (χ4n) is 1.51. The van der Waals surface area contributed by atoms with Gasteiger partial charge in [-0.1, -0.05) is 6.58 Å². The van der Waals surface area contributed by atoms with Crippen LogP contribution in [0.3, 0.4) is 0 Å². The Morgan fingerprint density at radius 1 is 1.64 bits per heavy atom. The topological polar surface area (TPSA) is 12.5 Å². The van der Waals surface area contributed by atoms with Gasteiger partial charge in [0.25, 0.3) is 0 Å². The van der Waals surface area contributed by atoms with Crippen molar-refractivity contribution in [2.75, 3.05) is 13.6 Å². The van der Waals surface area contributed by atoms with Crippen LogP contribution in [-0.4, -0.2) is 30.6 Å². The minimum absolute atomic E-state index is 0.402. The number of rotatable bonds is 2. The van der Waals surface area contributed by atoms with Gasteiger partial charge in [0.2, 0.25) is 0 Å². The molecule has 0 aromatic heterocycles. The van der Waals surface area contributed by atoms with Crippen molar-refractivity contribution in [1.82, 2.24) is 4.90 Å². The van der Waals surface area contributed by atoms with Crippen LogP contribution in [0.1, 0.15) is 19.8 Å². The van der Waals surface area contributed by atoms with Crippen LogP contribution in [-0.2, 0) is 4.74 Å². The molecule has 1 heterocycles. The maximum Gasteiger partial charge on any atom is 0.100 e. The van der Waals surface area contributed by atoms with E-state index in [2.05, 4.69) is 25.5 Å². The van der Waals surface area contributed by atoms with Gasteiger partial charge in [-0.25, -0.2) is 0 Å². The second-order valence-electron chi connectivity index (χ2n) is 3.28. The van der Waals surface area contributed by atoms with Gasteiger partial charge in [0, 0.05) is 12.6 Å². The first-order valence-electron chi connectivity index (χ1n) is 4.20. The molecule has 1 fully saturated rings. The number of likely N-dealkylation sites (tertiary alicyclic amines) is 1. The Morgan fingerprint density at radius 3 is 2.91 bits per heavy atom. The van der Waals surface area contributed by atoms with Gasteiger partial charge in [-0.2, -0.15) is 0 Å². The molecule has 0 saturated carbocycles. The van der Waals surface area contributed by atoms with Crippen molar-refractivity contribution >= 4 is 0 Å². The highest BCUT2D eigenvalue weighted by Gasteiger charge is 2.22. The SMILES string of the molecule is C=CO[C@@H]1CCN(C)[C@H](C)C1. The number of nitrogens with zero attached hydrogens (tertiary/aromatic N) is 1. The van der Waals surface area contributed by atoms with E-state index < -0.39 is 0 Å². The van der Waals surface area contributed by atoms with Gasteiger partial charge in [0.1, 0.15) is 6.10 Å². The number of hydrogen-bond acceptors (Lipinski definition) is 2. The normalized spacial score (nSPS) is 33.3. The molecule has 64 valence electrons. The van der Waals surface area contributed by atoms with Crippen molar-refractivity contribution in [2.24, 2.45) is 0 Å². The second-order valence-corrected chi connectivity index (χ2v) is 3.28. The summed E-state index contributed by atoms with van der Waals surface area (Å²) in [6, 6.07) is 0.647. The molecule has 0 unspecified atom stereocenters. The third-order valence-electron chi connectivity index (χ3n) is 2.45. The van der Waals surface area contributed by atoms with E-state index in [1.807, 2.05) is 0 Å². The van der Waals surface area contributed by atoms with Crippen LogP contribution in [0, 0.1) is 0 Å². The molecule has 0 radical (unpaired) electrons. The van der Waals surface area contributed by atoms with Crippen molar-refractivity contribution < 1.29 is 4.74 Å². The summed E-state index contributed by atoms with van der Waals surface area (Å²) in [4.78, 5) is 2.36. The monoisotopic (exact) mass is 155 g/mol. The van der Waals surface area contributed by atoms with Gasteiger partial charge in [-0.3, -0.25) is 0 Å². The zero-order valence-electron chi connectivity index (χ0n) is 7.42. The van der Waals surface area contributed by atoms with E-state index in [0.29, 0.717) is 12.1 Å². The summed E-state index contributed by atoms with van der Waals surface area (Å²) in [6.07, 6.45) is 4.22. The molecule has 0 spiro atoms. The molecule has 2 heteroatoms. The number of hydrogen-bond donors (Lipinski definition) is 0. The lowest BCUT2D eigenvalue weighted by Gasteiger charge is -2.34. The van der Waals surface area contributed by atoms with Crippen molar-refractivity contribution in [3.63, 3.8) is 0 Å². The summed E-state index contributed by atoms with van der Waals surface area (Å²) in [5.41, 5.74) is 0. The van der Waals surface area contributed by atoms with E-state index in [9.17, 15) is 0 Å². The van der Waals surface area contributed by atoms with Crippen molar-refractivity contribution in [1.29, 1.82) is 0 Å². The fourth-order valence-corrected chi connectivity index (χ4v) is 1.51. The molecule has 0 amide bonds. The molecule has 2 nitrogen and oxygen atoms in total. The standard InChI is InChI=1S/C9H17NO/c1-4-11-9-5-6-10(3)8(2)7-9/h4,8-9H,1,5-7H2,2-3H3/t8-,9-/m1/s1. The van der Waals surface area contributed by atoms with E-state index in [4.69, 9.17) is 4.74 Å². The highest BCUT2D eigenvalue weighted by atomic mass is 16.5. The summed E-state index contributed by atoms with van der Waals surface area (Å²) in [7, 11) is 2.16. The summed E-state index contributed by atoms with van der Waals surface area (Å²) in [5.74, 6) is 0. The second kappa shape index (κ2) is 3.77. The van der Waals surface area contributed by atoms with Gasteiger partial charge in [0.05, 0.1) is 6.26 Å². The Morgan fingerprint density at radius 2 is 2.36 bits per heavy atom. The fraction of sp³-hybridized carbons (Fsp3) is 0.778. The highest BCUT2D eigenvalue weighted by molar-refractivity contribution is 4.78. The molecular weight excluding hydrogens is 138 g/mol. The van der Waals surface area contributed by atoms with E-state index >= 15 is 0 Å². The highest BCUT2D eigenvalue weighted by Crippen LogP contribution is 2.17. The molecule has 0 aromatic rings. The molecule has 1 aliphatic rings. The predicted octanol–water partition coefficient (Wildman–Crippen LogP) is 1.63. The van der Waals surface area contributed by atoms with Crippen LogP contribution < -0.4 is 0 Å². The van der Waals surface area contributed by atoms with Gasteiger partial charge in [-0.15, -0.1) is 0 Å². The summed E-state index contributed by atoms with van der Waals surface area (Å²) in [6.45, 7) is 6.94. The van der Waals surface area contributed by atoms with E-state index in [-0.39, 0.29) is 0 Å². The van der Waals surface area contributed by atoms with E-state index in [1.54, 1.807) is 6.26 Å². The first kappa shape index (κ1) is 8.60. The summed E-state index contributed by atoms with van der Waals surface area (Å²) >= 11 is 0. The van der Waals surface area contributed by atoms with Crippen LogP contribution in [0.4, 0.5) is 0 Å². The van der Waals surface area contributed by atoms with Crippen molar-refractivity contribution in [3.05, 3.63) is 12.8 Å². The molecule has 0 aromatic carbocycles. The van der Waals surface area contributed by atoms with Crippen LogP contribution >= 0.6 is 0 Å². The lowest BCUT2D eigenvalue weighted by molar-refractivity contribution is 0.0495. The average molecular weight is 155 g/mol. The molecular formula is C9H17NO. The molecule has 1 saturated heterocycles. The zero-order valence-corrected chi connectivity index (χ0v) is 7.42. The number of ether oxygens (including phenoxy) is 1. The largest absolute Gasteiger partial charge is 0.499 e. The number of piperidine rings is 1. The molecule has 0 bridgehead atoms. The molecule has 1 rings (SSSR count). The molecule has 1 aliphatic heterocycles. The van der Waals surface area contributed by atoms with Gasteiger partial charge in [-0.05, 0) is 26.8 Å². The van der Waals surface area contributed by atoms with Crippen LogP contribution in [0.15, 0.2) is 12.8 Å². The maximum absolute atomic E-state index is 5.34. The zero-order chi connectivity index (χ0) is 8.27. The Bertz CT molecular complexity index is 136. The molecule has 2 atom stereocenters. The van der Waals surface area contributed by atoms with Crippen molar-refractivity contribution in [3.8, 4) is 0 Å². The molecule has 0 N–H and O–H groups in total. The van der Waals surface area contributed by atoms with E-state index in [1.165, 1.54) is 0 Å². The first-order chi connectivity index (χ1) is 5.24. The minimum atomic E-state index is 0.402. The quantitative estimate of drug-likeness (QED) is 0.562. The maximum atomic E-state index is 5.34. The van der Waals surface area contributed by atoms with Crippen molar-refractivity contribution in [2.45, 2.75) is 31.9 Å². The minimum Gasteiger partial charge on any atom is -0.499 e. The third-order valence-corrected chi connectivity index (χ3v) is 2.45. The summed E-state index contributed by atoms with van der Waals surface area (Å²) < 4.78 is 5.34. The van der Waals surface area contributed by atoms with Gasteiger partial charge in [0.15, 0.2) is 0 Å². The van der Waals surface area contributed by atoms with E-state index in [0.717, 1.165) is 19.4 Å². The smallest absolute Gasteiger partial charge is 0.100 e. The molecule has 11 heavy (non-hydrogen) atoms. The Hall–Kier alpha value is -0.500. The average Bonchev–Trinajstić information content (AvgIpc) is 1.98. The van der Waals surface area contributed by atoms with Crippen LogP contribution in [0.2, 0.25) is 0 Å². The lowest BCUT2D eigenvalue weighted by atomic mass is 10.0.